The standard InChI is InChI=1S/C14H16F3NO3/c1-2-8-21-12-5-4-10(14(15,16)17)9-11(12)13(20)18-6-3-7-19/h2,4-5,9,19H,1,3,6-8H2,(H,18,20). The number of nitrogens with one attached hydrogen (secondary N) is 1. The lowest BCUT2D eigenvalue weighted by Gasteiger charge is -2.13. The van der Waals surface area contributed by atoms with Gasteiger partial charge in [-0.1, -0.05) is 12.7 Å². The summed E-state index contributed by atoms with van der Waals surface area (Å²) in [5.74, 6) is -0.641. The number of halogens is 3. The average Bonchev–Trinajstić information content (AvgIpc) is 2.44. The maximum Gasteiger partial charge on any atom is 0.416 e. The molecule has 0 spiro atoms. The quantitative estimate of drug-likeness (QED) is 0.600. The first-order valence-corrected chi connectivity index (χ1v) is 6.24. The van der Waals surface area contributed by atoms with Gasteiger partial charge in [0.2, 0.25) is 0 Å². The highest BCUT2D eigenvalue weighted by Crippen LogP contribution is 2.32. The molecular weight excluding hydrogens is 287 g/mol. The lowest BCUT2D eigenvalue weighted by atomic mass is 10.1. The monoisotopic (exact) mass is 303 g/mol. The van der Waals surface area contributed by atoms with Gasteiger partial charge in [-0.25, -0.2) is 0 Å². The van der Waals surface area contributed by atoms with Crippen molar-refractivity contribution in [2.45, 2.75) is 12.6 Å². The summed E-state index contributed by atoms with van der Waals surface area (Å²) in [6, 6.07) is 2.70. The van der Waals surface area contributed by atoms with Crippen molar-refractivity contribution >= 4 is 5.91 Å². The third-order valence-electron chi connectivity index (χ3n) is 2.53. The molecule has 0 radical (unpaired) electrons. The van der Waals surface area contributed by atoms with Crippen molar-refractivity contribution in [2.75, 3.05) is 19.8 Å². The molecule has 0 atom stereocenters. The Hall–Kier alpha value is -2.02. The third kappa shape index (κ3) is 5.11. The predicted molar refractivity (Wildman–Crippen MR) is 71.2 cm³/mol. The van der Waals surface area contributed by atoms with Gasteiger partial charge in [0, 0.05) is 13.2 Å². The molecule has 0 aliphatic carbocycles. The first-order chi connectivity index (χ1) is 9.90. The van der Waals surface area contributed by atoms with E-state index in [1.165, 1.54) is 6.08 Å². The van der Waals surface area contributed by atoms with E-state index in [4.69, 9.17) is 9.84 Å². The Morgan fingerprint density at radius 2 is 2.14 bits per heavy atom. The summed E-state index contributed by atoms with van der Waals surface area (Å²) < 4.78 is 43.3. The fourth-order valence-corrected chi connectivity index (χ4v) is 1.53. The zero-order valence-electron chi connectivity index (χ0n) is 11.2. The number of aliphatic hydroxyl groups is 1. The zero-order valence-corrected chi connectivity index (χ0v) is 11.2. The van der Waals surface area contributed by atoms with Crippen LogP contribution in [0.5, 0.6) is 5.75 Å². The highest BCUT2D eigenvalue weighted by molar-refractivity contribution is 5.97. The second-order valence-corrected chi connectivity index (χ2v) is 4.14. The van der Waals surface area contributed by atoms with Crippen LogP contribution in [-0.4, -0.2) is 30.8 Å². The van der Waals surface area contributed by atoms with Gasteiger partial charge in [0.15, 0.2) is 0 Å². The maximum atomic E-state index is 12.7. The molecule has 1 rings (SSSR count). The molecule has 0 heterocycles. The smallest absolute Gasteiger partial charge is 0.416 e. The number of carbonyl (C=O) groups is 1. The Kier molecular flexibility index (Phi) is 6.23. The molecule has 0 bridgehead atoms. The Balaban J connectivity index is 3.03. The topological polar surface area (TPSA) is 58.6 Å². The van der Waals surface area contributed by atoms with E-state index in [1.807, 2.05) is 0 Å². The minimum atomic E-state index is -4.54. The van der Waals surface area contributed by atoms with E-state index in [0.29, 0.717) is 6.42 Å². The summed E-state index contributed by atoms with van der Waals surface area (Å²) in [7, 11) is 0. The molecule has 0 aliphatic rings. The molecule has 0 saturated carbocycles. The average molecular weight is 303 g/mol. The number of alkyl halides is 3. The van der Waals surface area contributed by atoms with Crippen LogP contribution in [0.25, 0.3) is 0 Å². The Morgan fingerprint density at radius 1 is 1.43 bits per heavy atom. The molecule has 4 nitrogen and oxygen atoms in total. The van der Waals surface area contributed by atoms with E-state index in [9.17, 15) is 18.0 Å². The van der Waals surface area contributed by atoms with E-state index < -0.39 is 17.6 Å². The first-order valence-electron chi connectivity index (χ1n) is 6.24. The Morgan fingerprint density at radius 3 is 2.71 bits per heavy atom. The highest BCUT2D eigenvalue weighted by Gasteiger charge is 2.32. The summed E-state index contributed by atoms with van der Waals surface area (Å²) in [6.07, 6.45) is -2.81. The fraction of sp³-hybridized carbons (Fsp3) is 0.357. The molecule has 2 N–H and O–H groups in total. The first kappa shape index (κ1) is 17.0. The third-order valence-corrected chi connectivity index (χ3v) is 2.53. The van der Waals surface area contributed by atoms with Crippen molar-refractivity contribution in [1.29, 1.82) is 0 Å². The van der Waals surface area contributed by atoms with Crippen LogP contribution < -0.4 is 10.1 Å². The lowest BCUT2D eigenvalue weighted by molar-refractivity contribution is -0.137. The number of hydrogen-bond donors (Lipinski definition) is 2. The van der Waals surface area contributed by atoms with Gasteiger partial charge in [-0.3, -0.25) is 4.79 Å². The van der Waals surface area contributed by atoms with Gasteiger partial charge in [0.1, 0.15) is 12.4 Å². The summed E-state index contributed by atoms with van der Waals surface area (Å²) in [6.45, 7) is 3.54. The van der Waals surface area contributed by atoms with Crippen molar-refractivity contribution in [1.82, 2.24) is 5.32 Å². The Labute approximate surface area is 120 Å². The van der Waals surface area contributed by atoms with Gasteiger partial charge in [-0.05, 0) is 24.6 Å². The fourth-order valence-electron chi connectivity index (χ4n) is 1.53. The van der Waals surface area contributed by atoms with E-state index in [-0.39, 0.29) is 31.1 Å². The van der Waals surface area contributed by atoms with E-state index in [1.54, 1.807) is 0 Å². The lowest BCUT2D eigenvalue weighted by Crippen LogP contribution is -2.26. The van der Waals surface area contributed by atoms with Gasteiger partial charge in [-0.15, -0.1) is 0 Å². The molecule has 0 fully saturated rings. The van der Waals surface area contributed by atoms with Crippen molar-refractivity contribution in [3.05, 3.63) is 42.0 Å². The molecule has 0 aliphatic heterocycles. The molecule has 1 aromatic carbocycles. The highest BCUT2D eigenvalue weighted by atomic mass is 19.4. The zero-order chi connectivity index (χ0) is 15.9. The van der Waals surface area contributed by atoms with Crippen LogP contribution in [0.3, 0.4) is 0 Å². The summed E-state index contributed by atoms with van der Waals surface area (Å²) in [5, 5.41) is 11.1. The van der Waals surface area contributed by atoms with Crippen LogP contribution in [0.15, 0.2) is 30.9 Å². The van der Waals surface area contributed by atoms with E-state index >= 15 is 0 Å². The van der Waals surface area contributed by atoms with Gasteiger partial charge < -0.3 is 15.2 Å². The number of carbonyl (C=O) groups excluding carboxylic acids is 1. The summed E-state index contributed by atoms with van der Waals surface area (Å²) in [5.41, 5.74) is -1.13. The minimum absolute atomic E-state index is 0.0457. The summed E-state index contributed by atoms with van der Waals surface area (Å²) >= 11 is 0. The molecule has 1 aromatic rings. The van der Waals surface area contributed by atoms with Crippen LogP contribution in [0.1, 0.15) is 22.3 Å². The number of aliphatic hydroxyl groups excluding tert-OH is 1. The number of rotatable bonds is 7. The van der Waals surface area contributed by atoms with Crippen LogP contribution in [-0.2, 0) is 6.18 Å². The number of benzene rings is 1. The SMILES string of the molecule is C=CCOc1ccc(C(F)(F)F)cc1C(=O)NCCCO. The molecular formula is C14H16F3NO3. The second-order valence-electron chi connectivity index (χ2n) is 4.14. The molecule has 1 amide bonds. The normalized spacial score (nSPS) is 11.0. The van der Waals surface area contributed by atoms with Crippen LogP contribution in [0.4, 0.5) is 13.2 Å². The van der Waals surface area contributed by atoms with Gasteiger partial charge in [-0.2, -0.15) is 13.2 Å². The van der Waals surface area contributed by atoms with Crippen molar-refractivity contribution in [3.63, 3.8) is 0 Å². The van der Waals surface area contributed by atoms with E-state index in [0.717, 1.165) is 18.2 Å². The number of ether oxygens (including phenoxy) is 1. The Bertz CT molecular complexity index is 501. The molecule has 0 saturated heterocycles. The van der Waals surface area contributed by atoms with Gasteiger partial charge in [0.05, 0.1) is 11.1 Å². The van der Waals surface area contributed by atoms with Crippen LogP contribution >= 0.6 is 0 Å². The molecule has 7 heteroatoms. The minimum Gasteiger partial charge on any atom is -0.489 e. The van der Waals surface area contributed by atoms with Crippen LogP contribution in [0, 0.1) is 0 Å². The molecule has 0 unspecified atom stereocenters. The van der Waals surface area contributed by atoms with Crippen LogP contribution in [0.2, 0.25) is 0 Å². The molecule has 21 heavy (non-hydrogen) atoms. The van der Waals surface area contributed by atoms with Crippen molar-refractivity contribution < 1.29 is 27.8 Å². The second kappa shape index (κ2) is 7.68. The predicted octanol–water partition coefficient (Wildman–Crippen LogP) is 2.38. The maximum absolute atomic E-state index is 12.7. The molecule has 116 valence electrons. The summed E-state index contributed by atoms with van der Waals surface area (Å²) in [4.78, 5) is 11.9. The van der Waals surface area contributed by atoms with Gasteiger partial charge >= 0.3 is 6.18 Å². The number of hydrogen-bond acceptors (Lipinski definition) is 3. The largest absolute Gasteiger partial charge is 0.489 e. The van der Waals surface area contributed by atoms with E-state index in [2.05, 4.69) is 11.9 Å². The number of amides is 1. The van der Waals surface area contributed by atoms with Crippen molar-refractivity contribution in [3.8, 4) is 5.75 Å². The van der Waals surface area contributed by atoms with Crippen molar-refractivity contribution in [2.24, 2.45) is 0 Å². The van der Waals surface area contributed by atoms with Gasteiger partial charge in [0.25, 0.3) is 5.91 Å². The molecule has 0 aromatic heterocycles.